The molecule has 0 unspecified atom stereocenters. The van der Waals surface area contributed by atoms with Crippen LogP contribution in [0.25, 0.3) is 6.08 Å². The fraction of sp³-hybridized carbons (Fsp3) is 0.250. The minimum absolute atomic E-state index is 0.815. The van der Waals surface area contributed by atoms with Crippen molar-refractivity contribution in [3.8, 4) is 0 Å². The molecule has 0 saturated carbocycles. The highest BCUT2D eigenvalue weighted by atomic mass is 14.7. The van der Waals surface area contributed by atoms with Gasteiger partial charge in [0.2, 0.25) is 0 Å². The van der Waals surface area contributed by atoms with Crippen LogP contribution in [0.5, 0.6) is 0 Å². The van der Waals surface area contributed by atoms with Gasteiger partial charge in [-0.25, -0.2) is 0 Å². The van der Waals surface area contributed by atoms with Crippen molar-refractivity contribution in [1.29, 1.82) is 0 Å². The second-order valence-corrected chi connectivity index (χ2v) is 3.19. The quantitative estimate of drug-likeness (QED) is 0.575. The number of anilines is 1. The summed E-state index contributed by atoms with van der Waals surface area (Å²) in [6.45, 7) is 2.01. The number of hydrogen-bond donors (Lipinski definition) is 1. The summed E-state index contributed by atoms with van der Waals surface area (Å²) in [6.07, 6.45) is 4.99. The largest absolute Gasteiger partial charge is 0.398 e. The van der Waals surface area contributed by atoms with E-state index in [0.29, 0.717) is 0 Å². The van der Waals surface area contributed by atoms with Crippen LogP contribution in [0.1, 0.15) is 18.9 Å². The smallest absolute Gasteiger partial charge is 0.0387 e. The van der Waals surface area contributed by atoms with E-state index in [9.17, 15) is 0 Å². The van der Waals surface area contributed by atoms with E-state index in [0.717, 1.165) is 23.4 Å². The van der Waals surface area contributed by atoms with Crippen molar-refractivity contribution in [3.63, 3.8) is 0 Å². The Morgan fingerprint density at radius 1 is 1.43 bits per heavy atom. The molecule has 0 amide bonds. The van der Waals surface area contributed by atoms with Gasteiger partial charge >= 0.3 is 0 Å². The number of hydrogen-bond acceptors (Lipinski definition) is 2. The first kappa shape index (κ1) is 10.5. The van der Waals surface area contributed by atoms with Crippen molar-refractivity contribution >= 4 is 17.5 Å². The van der Waals surface area contributed by atoms with E-state index in [-0.39, 0.29) is 0 Å². The Morgan fingerprint density at radius 3 is 2.79 bits per heavy atom. The van der Waals surface area contributed by atoms with E-state index in [4.69, 9.17) is 5.73 Å². The Hall–Kier alpha value is -1.57. The average Bonchev–Trinajstić information content (AvgIpc) is 2.20. The van der Waals surface area contributed by atoms with Gasteiger partial charge in [-0.15, -0.1) is 0 Å². The molecular weight excluding hydrogens is 172 g/mol. The zero-order valence-electron chi connectivity index (χ0n) is 8.70. The molecule has 2 heteroatoms. The van der Waals surface area contributed by atoms with Crippen LogP contribution in [0, 0.1) is 0 Å². The number of allylic oxidation sites excluding steroid dienone is 1. The monoisotopic (exact) mass is 188 g/mol. The van der Waals surface area contributed by atoms with Crippen LogP contribution in [-0.2, 0) is 0 Å². The van der Waals surface area contributed by atoms with Crippen LogP contribution in [0.15, 0.2) is 35.3 Å². The van der Waals surface area contributed by atoms with E-state index < -0.39 is 0 Å². The van der Waals surface area contributed by atoms with Crippen LogP contribution in [0.2, 0.25) is 0 Å². The first-order valence-electron chi connectivity index (χ1n) is 4.67. The van der Waals surface area contributed by atoms with E-state index in [1.165, 1.54) is 0 Å². The molecule has 0 aromatic heterocycles. The number of nitrogen functional groups attached to an aromatic ring is 1. The van der Waals surface area contributed by atoms with Crippen LogP contribution in [0.4, 0.5) is 5.69 Å². The second-order valence-electron chi connectivity index (χ2n) is 3.19. The molecule has 0 spiro atoms. The normalized spacial score (nSPS) is 12.3. The lowest BCUT2D eigenvalue weighted by Crippen LogP contribution is -1.89. The van der Waals surface area contributed by atoms with Crippen LogP contribution in [-0.4, -0.2) is 12.8 Å². The van der Waals surface area contributed by atoms with E-state index >= 15 is 0 Å². The molecule has 0 saturated heterocycles. The zero-order chi connectivity index (χ0) is 10.4. The summed E-state index contributed by atoms with van der Waals surface area (Å²) in [5, 5.41) is 0. The van der Waals surface area contributed by atoms with E-state index in [2.05, 4.69) is 11.1 Å². The zero-order valence-corrected chi connectivity index (χ0v) is 8.70. The van der Waals surface area contributed by atoms with Gasteiger partial charge in [-0.05, 0) is 18.6 Å². The summed E-state index contributed by atoms with van der Waals surface area (Å²) in [6, 6.07) is 7.83. The summed E-state index contributed by atoms with van der Waals surface area (Å²) in [5.41, 5.74) is 8.79. The lowest BCUT2D eigenvalue weighted by molar-refractivity contribution is 1.34. The molecule has 0 bridgehead atoms. The highest BCUT2D eigenvalue weighted by Crippen LogP contribution is 2.12. The fourth-order valence-corrected chi connectivity index (χ4v) is 1.11. The standard InChI is InChI=1S/C12H16N2/c1-10(14-2)6-5-8-11-7-3-4-9-12(11)13/h3-5,7-9H,6,13H2,1-2H3/b8-5+,14-10?. The third-order valence-electron chi connectivity index (χ3n) is 2.09. The van der Waals surface area contributed by atoms with Gasteiger partial charge in [0, 0.05) is 24.9 Å². The summed E-state index contributed by atoms with van der Waals surface area (Å²) in [5.74, 6) is 0. The number of aliphatic imine (C=N–C) groups is 1. The summed E-state index contributed by atoms with van der Waals surface area (Å²) >= 11 is 0. The number of para-hydroxylation sites is 1. The maximum absolute atomic E-state index is 5.79. The number of nitrogens with two attached hydrogens (primary N) is 1. The maximum Gasteiger partial charge on any atom is 0.0387 e. The molecule has 14 heavy (non-hydrogen) atoms. The van der Waals surface area contributed by atoms with Gasteiger partial charge in [0.05, 0.1) is 0 Å². The minimum atomic E-state index is 0.815. The second kappa shape index (κ2) is 5.22. The average molecular weight is 188 g/mol. The third kappa shape index (κ3) is 3.05. The lowest BCUT2D eigenvalue weighted by atomic mass is 10.1. The molecule has 0 fully saturated rings. The van der Waals surface area contributed by atoms with E-state index in [1.807, 2.05) is 37.3 Å². The molecule has 1 aromatic carbocycles. The van der Waals surface area contributed by atoms with Crippen LogP contribution < -0.4 is 5.73 Å². The Kier molecular flexibility index (Phi) is 3.92. The highest BCUT2D eigenvalue weighted by molar-refractivity contribution is 5.84. The first-order chi connectivity index (χ1) is 6.74. The molecule has 1 aromatic rings. The number of rotatable bonds is 3. The lowest BCUT2D eigenvalue weighted by Gasteiger charge is -1.98. The molecule has 2 nitrogen and oxygen atoms in total. The van der Waals surface area contributed by atoms with Crippen LogP contribution in [0.3, 0.4) is 0 Å². The van der Waals surface area contributed by atoms with Gasteiger partial charge in [-0.3, -0.25) is 4.99 Å². The molecule has 0 aliphatic heterocycles. The Morgan fingerprint density at radius 2 is 2.14 bits per heavy atom. The topological polar surface area (TPSA) is 38.4 Å². The van der Waals surface area contributed by atoms with Crippen molar-refractivity contribution in [3.05, 3.63) is 35.9 Å². The number of benzene rings is 1. The molecule has 0 aliphatic carbocycles. The predicted molar refractivity (Wildman–Crippen MR) is 63.5 cm³/mol. The molecule has 2 N–H and O–H groups in total. The molecule has 0 aliphatic rings. The summed E-state index contributed by atoms with van der Waals surface area (Å²) in [4.78, 5) is 4.08. The molecule has 0 atom stereocenters. The van der Waals surface area contributed by atoms with Crippen molar-refractivity contribution in [2.24, 2.45) is 4.99 Å². The molecule has 74 valence electrons. The highest BCUT2D eigenvalue weighted by Gasteiger charge is 1.91. The molecule has 0 radical (unpaired) electrons. The van der Waals surface area contributed by atoms with Gasteiger partial charge < -0.3 is 5.73 Å². The summed E-state index contributed by atoms with van der Waals surface area (Å²) < 4.78 is 0. The Labute approximate surface area is 85.2 Å². The molecular formula is C12H16N2. The van der Waals surface area contributed by atoms with Crippen molar-refractivity contribution in [2.75, 3.05) is 12.8 Å². The predicted octanol–water partition coefficient (Wildman–Crippen LogP) is 2.76. The third-order valence-corrected chi connectivity index (χ3v) is 2.09. The first-order valence-corrected chi connectivity index (χ1v) is 4.67. The van der Waals surface area contributed by atoms with Gasteiger partial charge in [0.25, 0.3) is 0 Å². The SMILES string of the molecule is CN=C(C)C/C=C/c1ccccc1N. The van der Waals surface area contributed by atoms with Gasteiger partial charge in [0.15, 0.2) is 0 Å². The van der Waals surface area contributed by atoms with Gasteiger partial charge in [0.1, 0.15) is 0 Å². The van der Waals surface area contributed by atoms with Gasteiger partial charge in [-0.2, -0.15) is 0 Å². The van der Waals surface area contributed by atoms with Crippen molar-refractivity contribution in [2.45, 2.75) is 13.3 Å². The molecule has 0 heterocycles. The fourth-order valence-electron chi connectivity index (χ4n) is 1.11. The number of nitrogens with zero attached hydrogens (tertiary/aromatic N) is 1. The van der Waals surface area contributed by atoms with Crippen molar-refractivity contribution in [1.82, 2.24) is 0 Å². The van der Waals surface area contributed by atoms with E-state index in [1.54, 1.807) is 7.05 Å². The maximum atomic E-state index is 5.79. The van der Waals surface area contributed by atoms with Crippen molar-refractivity contribution < 1.29 is 0 Å². The van der Waals surface area contributed by atoms with Gasteiger partial charge in [-0.1, -0.05) is 30.4 Å². The molecule has 1 rings (SSSR count). The Bertz CT molecular complexity index is 351. The Balaban J connectivity index is 2.65. The summed E-state index contributed by atoms with van der Waals surface area (Å²) in [7, 11) is 1.81. The minimum Gasteiger partial charge on any atom is -0.398 e. The van der Waals surface area contributed by atoms with Crippen LogP contribution >= 0.6 is 0 Å².